The van der Waals surface area contributed by atoms with E-state index in [1.165, 1.54) is 0 Å². The van der Waals surface area contributed by atoms with Gasteiger partial charge in [-0.25, -0.2) is 0 Å². The average Bonchev–Trinajstić information content (AvgIpc) is 2.26. The van der Waals surface area contributed by atoms with E-state index < -0.39 is 5.09 Å². The van der Waals surface area contributed by atoms with E-state index in [0.717, 1.165) is 5.56 Å². The normalized spacial score (nSPS) is 9.94. The number of phenols is 1. The third kappa shape index (κ3) is 7.45. The second-order valence-corrected chi connectivity index (χ2v) is 2.99. The van der Waals surface area contributed by atoms with Crippen LogP contribution in [0.3, 0.4) is 0 Å². The highest BCUT2D eigenvalue weighted by Crippen LogP contribution is 2.10. The molecule has 0 bridgehead atoms. The van der Waals surface area contributed by atoms with Crippen molar-refractivity contribution in [1.82, 2.24) is 0 Å². The molecule has 0 aliphatic heterocycles. The summed E-state index contributed by atoms with van der Waals surface area (Å²) in [6.45, 7) is 1.78. The summed E-state index contributed by atoms with van der Waals surface area (Å²) in [4.78, 5) is 8.36. The Morgan fingerprint density at radius 2 is 1.72 bits per heavy atom. The van der Waals surface area contributed by atoms with E-state index in [1.807, 2.05) is 0 Å². The molecule has 98 valence electrons. The third-order valence-electron chi connectivity index (χ3n) is 1.60. The van der Waals surface area contributed by atoms with Gasteiger partial charge in [-0.1, -0.05) is 0 Å². The zero-order chi connectivity index (χ0) is 14.1. The summed E-state index contributed by atoms with van der Waals surface area (Å²) in [6.07, 6.45) is 0. The Labute approximate surface area is 102 Å². The van der Waals surface area contributed by atoms with Gasteiger partial charge in [-0.05, 0) is 36.8 Å². The number of aromatic hydroxyl groups is 1. The Kier molecular flexibility index (Phi) is 6.26. The minimum atomic E-state index is -1.50. The van der Waals surface area contributed by atoms with Crippen LogP contribution in [0.2, 0.25) is 0 Å². The molecule has 0 amide bonds. The van der Waals surface area contributed by atoms with Crippen LogP contribution >= 0.6 is 0 Å². The molecule has 0 aliphatic rings. The van der Waals surface area contributed by atoms with Crippen LogP contribution in [0.25, 0.3) is 0 Å². The zero-order valence-corrected chi connectivity index (χ0v) is 9.52. The van der Waals surface area contributed by atoms with E-state index in [0.29, 0.717) is 5.71 Å². The lowest BCUT2D eigenvalue weighted by molar-refractivity contribution is -0.742. The zero-order valence-electron chi connectivity index (χ0n) is 9.52. The fourth-order valence-electron chi connectivity index (χ4n) is 0.893. The number of hydrogen-bond donors (Lipinski definition) is 4. The molecule has 0 heterocycles. The molecule has 1 rings (SSSR count). The first kappa shape index (κ1) is 15.2. The lowest BCUT2D eigenvalue weighted by Crippen LogP contribution is -2.22. The average molecular weight is 255 g/mol. The van der Waals surface area contributed by atoms with Crippen LogP contribution in [0, 0.1) is 10.1 Å². The maximum Gasteiger partial charge on any atom is 0.291 e. The number of hydrogen-bond acceptors (Lipinski definition) is 5. The Hall–Kier alpha value is -2.84. The van der Waals surface area contributed by atoms with Crippen molar-refractivity contribution in [2.24, 2.45) is 21.7 Å². The number of guanidine groups is 1. The summed E-state index contributed by atoms with van der Waals surface area (Å²) in [6, 6.07) is 6.61. The molecular weight excluding hydrogens is 242 g/mol. The maximum atomic E-state index is 9.05. The second-order valence-electron chi connectivity index (χ2n) is 2.99. The largest absolute Gasteiger partial charge is 0.508 e. The highest BCUT2D eigenvalue weighted by Gasteiger charge is 1.96. The van der Waals surface area contributed by atoms with Crippen molar-refractivity contribution in [3.05, 3.63) is 39.9 Å². The van der Waals surface area contributed by atoms with Crippen LogP contribution in [0.4, 0.5) is 0 Å². The van der Waals surface area contributed by atoms with E-state index in [9.17, 15) is 0 Å². The van der Waals surface area contributed by atoms with Gasteiger partial charge in [-0.2, -0.15) is 5.10 Å². The lowest BCUT2D eigenvalue weighted by atomic mass is 10.1. The van der Waals surface area contributed by atoms with Gasteiger partial charge in [0.1, 0.15) is 5.75 Å². The number of rotatable bonds is 2. The quantitative estimate of drug-likeness (QED) is 0.252. The van der Waals surface area contributed by atoms with E-state index >= 15 is 0 Å². The number of nitrogens with two attached hydrogens (primary N) is 2. The molecule has 0 radical (unpaired) electrons. The minimum absolute atomic E-state index is 0.0804. The highest BCUT2D eigenvalue weighted by atomic mass is 16.9. The Morgan fingerprint density at radius 1 is 1.28 bits per heavy atom. The van der Waals surface area contributed by atoms with Gasteiger partial charge in [0, 0.05) is 0 Å². The standard InChI is InChI=1S/C9H12N4O.HNO3/c1-6(12-13-9(10)11)7-2-4-8(14)5-3-7;2-1(3)4/h2-5,14H,1H3,(H4,10,11,13);(H,2,3,4)/b12-6+;. The van der Waals surface area contributed by atoms with Gasteiger partial charge in [-0.3, -0.25) is 0 Å². The molecule has 6 N–H and O–H groups in total. The molecule has 0 saturated heterocycles. The maximum absolute atomic E-state index is 9.05. The fourth-order valence-corrected chi connectivity index (χ4v) is 0.893. The Morgan fingerprint density at radius 3 is 2.11 bits per heavy atom. The molecule has 0 saturated carbocycles. The van der Waals surface area contributed by atoms with Crippen LogP contribution < -0.4 is 11.5 Å². The van der Waals surface area contributed by atoms with Crippen molar-refractivity contribution >= 4 is 11.7 Å². The van der Waals surface area contributed by atoms with E-state index in [2.05, 4.69) is 10.2 Å². The smallest absolute Gasteiger partial charge is 0.291 e. The number of benzene rings is 1. The molecule has 0 unspecified atom stereocenters. The minimum Gasteiger partial charge on any atom is -0.508 e. The van der Waals surface area contributed by atoms with Crippen molar-refractivity contribution in [2.75, 3.05) is 0 Å². The molecular formula is C9H13N5O4. The first-order chi connectivity index (χ1) is 8.32. The van der Waals surface area contributed by atoms with E-state index in [4.69, 9.17) is 31.9 Å². The molecule has 0 aliphatic carbocycles. The Bertz CT molecular complexity index is 447. The summed E-state index contributed by atoms with van der Waals surface area (Å²) in [7, 11) is 0. The SMILES string of the molecule is C/C(=N\N=C(N)N)c1ccc(O)cc1.O=[N+]([O-])O. The van der Waals surface area contributed by atoms with Crippen LogP contribution in [0.5, 0.6) is 5.75 Å². The summed E-state index contributed by atoms with van der Waals surface area (Å²) in [5, 5.41) is 30.0. The van der Waals surface area contributed by atoms with E-state index in [-0.39, 0.29) is 11.7 Å². The number of phenolic OH excluding ortho intramolecular Hbond substituents is 1. The topological polar surface area (TPSA) is 160 Å². The molecule has 9 nitrogen and oxygen atoms in total. The predicted octanol–water partition coefficient (Wildman–Crippen LogP) is 0.0419. The fraction of sp³-hybridized carbons (Fsp3) is 0.111. The summed E-state index contributed by atoms with van der Waals surface area (Å²) >= 11 is 0. The molecule has 1 aromatic rings. The van der Waals surface area contributed by atoms with Gasteiger partial charge >= 0.3 is 0 Å². The van der Waals surface area contributed by atoms with Gasteiger partial charge in [0.25, 0.3) is 5.09 Å². The van der Waals surface area contributed by atoms with Crippen LogP contribution in [-0.2, 0) is 0 Å². The van der Waals surface area contributed by atoms with Crippen molar-refractivity contribution in [1.29, 1.82) is 0 Å². The third-order valence-corrected chi connectivity index (χ3v) is 1.60. The molecule has 18 heavy (non-hydrogen) atoms. The predicted molar refractivity (Wildman–Crippen MR) is 64.9 cm³/mol. The second kappa shape index (κ2) is 7.44. The van der Waals surface area contributed by atoms with Crippen molar-refractivity contribution in [2.45, 2.75) is 6.92 Å². The van der Waals surface area contributed by atoms with Crippen molar-refractivity contribution in [3.8, 4) is 5.75 Å². The van der Waals surface area contributed by atoms with Gasteiger partial charge < -0.3 is 21.8 Å². The highest BCUT2D eigenvalue weighted by molar-refractivity contribution is 5.99. The summed E-state index contributed by atoms with van der Waals surface area (Å²) < 4.78 is 0. The molecule has 9 heteroatoms. The lowest BCUT2D eigenvalue weighted by Gasteiger charge is -1.98. The van der Waals surface area contributed by atoms with E-state index in [1.54, 1.807) is 31.2 Å². The molecule has 0 atom stereocenters. The monoisotopic (exact) mass is 255 g/mol. The number of nitrogens with zero attached hydrogens (tertiary/aromatic N) is 3. The van der Waals surface area contributed by atoms with Gasteiger partial charge in [-0.15, -0.1) is 15.2 Å². The first-order valence-corrected chi connectivity index (χ1v) is 4.58. The van der Waals surface area contributed by atoms with Crippen LogP contribution in [0.15, 0.2) is 34.5 Å². The summed E-state index contributed by atoms with van der Waals surface area (Å²) in [5.74, 6) is 0.131. The van der Waals surface area contributed by atoms with Gasteiger partial charge in [0.15, 0.2) is 0 Å². The molecule has 1 aromatic carbocycles. The summed E-state index contributed by atoms with van der Waals surface area (Å²) in [5.41, 5.74) is 11.8. The molecule has 0 fully saturated rings. The van der Waals surface area contributed by atoms with Crippen molar-refractivity contribution in [3.63, 3.8) is 0 Å². The molecule has 0 spiro atoms. The first-order valence-electron chi connectivity index (χ1n) is 4.58. The van der Waals surface area contributed by atoms with Gasteiger partial charge in [0.05, 0.1) is 5.71 Å². The van der Waals surface area contributed by atoms with Gasteiger partial charge in [0.2, 0.25) is 5.96 Å². The van der Waals surface area contributed by atoms with Crippen molar-refractivity contribution < 1.29 is 15.4 Å². The van der Waals surface area contributed by atoms with Crippen LogP contribution in [0.1, 0.15) is 12.5 Å². The van der Waals surface area contributed by atoms with Crippen LogP contribution in [-0.4, -0.2) is 27.1 Å². The Balaban J connectivity index is 0.000000631. The molecule has 0 aromatic heterocycles.